The van der Waals surface area contributed by atoms with Gasteiger partial charge in [0.15, 0.2) is 5.82 Å². The van der Waals surface area contributed by atoms with Gasteiger partial charge in [-0.2, -0.15) is 5.26 Å². The van der Waals surface area contributed by atoms with Crippen molar-refractivity contribution in [2.75, 3.05) is 5.32 Å². The Morgan fingerprint density at radius 1 is 1.37 bits per heavy atom. The van der Waals surface area contributed by atoms with Crippen molar-refractivity contribution in [3.05, 3.63) is 57.5 Å². The van der Waals surface area contributed by atoms with Crippen LogP contribution in [-0.2, 0) is 4.79 Å². The minimum atomic E-state index is -0.428. The quantitative estimate of drug-likeness (QED) is 0.527. The summed E-state index contributed by atoms with van der Waals surface area (Å²) in [6, 6.07) is 14.4. The predicted octanol–water partition coefficient (Wildman–Crippen LogP) is 4.88. The van der Waals surface area contributed by atoms with Crippen LogP contribution in [0.4, 0.5) is 5.69 Å². The van der Waals surface area contributed by atoms with Gasteiger partial charge in [-0.25, -0.2) is 4.98 Å². The molecule has 1 heterocycles. The number of aromatic nitrogens is 3. The largest absolute Gasteiger partial charge is 0.325 e. The van der Waals surface area contributed by atoms with Crippen LogP contribution in [0, 0.1) is 11.3 Å². The number of aromatic amines is 1. The number of hydrogen-bond donors (Lipinski definition) is 2. The van der Waals surface area contributed by atoms with Gasteiger partial charge < -0.3 is 5.32 Å². The van der Waals surface area contributed by atoms with Crippen LogP contribution in [0.25, 0.3) is 11.4 Å². The topological polar surface area (TPSA) is 94.5 Å². The highest BCUT2D eigenvalue weighted by Gasteiger charge is 2.18. The van der Waals surface area contributed by atoms with Crippen molar-refractivity contribution >= 4 is 50.9 Å². The van der Waals surface area contributed by atoms with E-state index in [0.29, 0.717) is 27.3 Å². The molecule has 0 aliphatic rings. The van der Waals surface area contributed by atoms with Gasteiger partial charge in [-0.05, 0) is 31.2 Å². The van der Waals surface area contributed by atoms with E-state index in [0.717, 1.165) is 10.0 Å². The zero-order chi connectivity index (χ0) is 19.4. The first-order valence-electron chi connectivity index (χ1n) is 7.82. The Morgan fingerprint density at radius 3 is 2.85 bits per heavy atom. The number of halogens is 2. The molecule has 6 nitrogen and oxygen atoms in total. The van der Waals surface area contributed by atoms with E-state index < -0.39 is 5.25 Å². The molecule has 0 radical (unpaired) electrons. The van der Waals surface area contributed by atoms with Crippen molar-refractivity contribution in [2.45, 2.75) is 17.3 Å². The average molecular weight is 463 g/mol. The van der Waals surface area contributed by atoms with Crippen LogP contribution in [0.5, 0.6) is 0 Å². The summed E-state index contributed by atoms with van der Waals surface area (Å²) in [4.78, 5) is 16.8. The van der Waals surface area contributed by atoms with Gasteiger partial charge >= 0.3 is 0 Å². The van der Waals surface area contributed by atoms with E-state index in [1.54, 1.807) is 25.1 Å². The third-order valence-electron chi connectivity index (χ3n) is 3.60. The summed E-state index contributed by atoms with van der Waals surface area (Å²) in [5.41, 5.74) is 1.78. The van der Waals surface area contributed by atoms with E-state index in [9.17, 15) is 4.79 Å². The molecule has 0 saturated carbocycles. The number of rotatable bonds is 5. The highest BCUT2D eigenvalue weighted by molar-refractivity contribution is 9.10. The van der Waals surface area contributed by atoms with Crippen LogP contribution in [0.2, 0.25) is 5.02 Å². The van der Waals surface area contributed by atoms with Crippen molar-refractivity contribution in [1.82, 2.24) is 15.2 Å². The van der Waals surface area contributed by atoms with Crippen LogP contribution in [0.15, 0.2) is 52.1 Å². The molecule has 0 aliphatic heterocycles. The van der Waals surface area contributed by atoms with Crippen LogP contribution < -0.4 is 5.32 Å². The number of nitriles is 1. The lowest BCUT2D eigenvalue weighted by Gasteiger charge is -2.10. The Hall–Kier alpha value is -2.34. The molecule has 1 unspecified atom stereocenters. The smallest absolute Gasteiger partial charge is 0.237 e. The molecule has 2 aromatic carbocycles. The van der Waals surface area contributed by atoms with Gasteiger partial charge in [-0.3, -0.25) is 9.89 Å². The van der Waals surface area contributed by atoms with E-state index in [-0.39, 0.29) is 5.91 Å². The van der Waals surface area contributed by atoms with Gasteiger partial charge in [0.2, 0.25) is 11.1 Å². The van der Waals surface area contributed by atoms with Gasteiger partial charge in [0.25, 0.3) is 0 Å². The summed E-state index contributed by atoms with van der Waals surface area (Å²) in [7, 11) is 0. The Bertz CT molecular complexity index is 1030. The number of H-pyrrole nitrogens is 1. The molecule has 27 heavy (non-hydrogen) atoms. The number of nitrogens with zero attached hydrogens (tertiary/aromatic N) is 3. The molecule has 1 atom stereocenters. The first kappa shape index (κ1) is 19.4. The molecular formula is C18H13BrClN5OS. The van der Waals surface area contributed by atoms with Gasteiger partial charge in [0, 0.05) is 15.7 Å². The number of benzene rings is 2. The summed E-state index contributed by atoms with van der Waals surface area (Å²) in [5.74, 6) is 0.407. The standard InChI is InChI=1S/C18H13BrClN5OS/c1-10(17(26)22-12-7-6-11(9-21)15(20)8-12)27-18-23-16(24-25-18)13-4-2-3-5-14(13)19/h2-8,10H,1H3,(H,22,26)(H,23,24,25). The molecule has 9 heteroatoms. The summed E-state index contributed by atoms with van der Waals surface area (Å²) in [6.07, 6.45) is 0. The SMILES string of the molecule is CC(Sc1n[nH]c(-c2ccccc2Br)n1)C(=O)Nc1ccc(C#N)c(Cl)c1. The van der Waals surface area contributed by atoms with Crippen molar-refractivity contribution in [3.63, 3.8) is 0 Å². The predicted molar refractivity (Wildman–Crippen MR) is 110 cm³/mol. The zero-order valence-corrected chi connectivity index (χ0v) is 17.2. The van der Waals surface area contributed by atoms with Gasteiger partial charge in [-0.15, -0.1) is 5.10 Å². The zero-order valence-electron chi connectivity index (χ0n) is 14.0. The van der Waals surface area contributed by atoms with Crippen LogP contribution in [-0.4, -0.2) is 26.3 Å². The molecule has 1 amide bonds. The summed E-state index contributed by atoms with van der Waals surface area (Å²) >= 11 is 10.7. The fourth-order valence-electron chi connectivity index (χ4n) is 2.21. The number of anilines is 1. The number of nitrogens with one attached hydrogen (secondary N) is 2. The summed E-state index contributed by atoms with van der Waals surface area (Å²) in [6.45, 7) is 1.76. The molecule has 136 valence electrons. The molecule has 0 aliphatic carbocycles. The third kappa shape index (κ3) is 4.69. The maximum Gasteiger partial charge on any atom is 0.237 e. The van der Waals surface area contributed by atoms with E-state index in [1.165, 1.54) is 11.8 Å². The van der Waals surface area contributed by atoms with Crippen molar-refractivity contribution < 1.29 is 4.79 Å². The summed E-state index contributed by atoms with van der Waals surface area (Å²) in [5, 5.41) is 19.1. The van der Waals surface area contributed by atoms with Gasteiger partial charge in [0.1, 0.15) is 6.07 Å². The minimum Gasteiger partial charge on any atom is -0.325 e. The van der Waals surface area contributed by atoms with E-state index in [1.807, 2.05) is 30.3 Å². The molecule has 2 N–H and O–H groups in total. The van der Waals surface area contributed by atoms with Crippen LogP contribution in [0.3, 0.4) is 0 Å². The second-order valence-electron chi connectivity index (χ2n) is 5.50. The normalized spacial score (nSPS) is 11.6. The average Bonchev–Trinajstić information content (AvgIpc) is 3.10. The fourth-order valence-corrected chi connectivity index (χ4v) is 3.63. The number of amides is 1. The Balaban J connectivity index is 1.66. The number of carbonyl (C=O) groups excluding carboxylic acids is 1. The van der Waals surface area contributed by atoms with Crippen LogP contribution in [0.1, 0.15) is 12.5 Å². The lowest BCUT2D eigenvalue weighted by atomic mass is 10.2. The monoisotopic (exact) mass is 461 g/mol. The van der Waals surface area contributed by atoms with Crippen LogP contribution >= 0.6 is 39.3 Å². The minimum absolute atomic E-state index is 0.215. The molecule has 0 fully saturated rings. The highest BCUT2D eigenvalue weighted by Crippen LogP contribution is 2.28. The molecule has 3 aromatic rings. The van der Waals surface area contributed by atoms with Crippen molar-refractivity contribution in [2.24, 2.45) is 0 Å². The number of carbonyl (C=O) groups is 1. The van der Waals surface area contributed by atoms with Gasteiger partial charge in [0.05, 0.1) is 15.8 Å². The van der Waals surface area contributed by atoms with Gasteiger partial charge in [-0.1, -0.05) is 57.5 Å². The van der Waals surface area contributed by atoms with Crippen molar-refractivity contribution in [3.8, 4) is 17.5 Å². The fraction of sp³-hybridized carbons (Fsp3) is 0.111. The molecule has 0 saturated heterocycles. The number of thioether (sulfide) groups is 1. The third-order valence-corrected chi connectivity index (χ3v) is 5.57. The Morgan fingerprint density at radius 2 is 2.15 bits per heavy atom. The maximum absolute atomic E-state index is 12.4. The first-order valence-corrected chi connectivity index (χ1v) is 9.87. The van der Waals surface area contributed by atoms with E-state index in [4.69, 9.17) is 16.9 Å². The molecule has 0 spiro atoms. The van der Waals surface area contributed by atoms with Crippen molar-refractivity contribution in [1.29, 1.82) is 5.26 Å². The Kier molecular flexibility index (Phi) is 6.16. The second kappa shape index (κ2) is 8.57. The highest BCUT2D eigenvalue weighted by atomic mass is 79.9. The number of hydrogen-bond acceptors (Lipinski definition) is 5. The lowest BCUT2D eigenvalue weighted by Crippen LogP contribution is -2.22. The summed E-state index contributed by atoms with van der Waals surface area (Å²) < 4.78 is 0.904. The maximum atomic E-state index is 12.4. The van der Waals surface area contributed by atoms with E-state index in [2.05, 4.69) is 36.4 Å². The molecule has 3 rings (SSSR count). The lowest BCUT2D eigenvalue weighted by molar-refractivity contribution is -0.115. The second-order valence-corrected chi connectivity index (χ2v) is 8.07. The first-order chi connectivity index (χ1) is 13.0. The molecular weight excluding hydrogens is 450 g/mol. The molecule has 1 aromatic heterocycles. The Labute approximate surface area is 173 Å². The molecule has 0 bridgehead atoms. The van der Waals surface area contributed by atoms with E-state index >= 15 is 0 Å².